The first kappa shape index (κ1) is 14.1. The first-order valence-electron chi connectivity index (χ1n) is 6.48. The van der Waals surface area contributed by atoms with Gasteiger partial charge in [0.2, 0.25) is 0 Å². The minimum atomic E-state index is -0.503. The predicted octanol–water partition coefficient (Wildman–Crippen LogP) is 2.21. The van der Waals surface area contributed by atoms with Gasteiger partial charge in [-0.2, -0.15) is 0 Å². The third-order valence-electron chi connectivity index (χ3n) is 3.28. The Morgan fingerprint density at radius 1 is 1.30 bits per heavy atom. The highest BCUT2D eigenvalue weighted by Crippen LogP contribution is 2.24. The van der Waals surface area contributed by atoms with Crippen molar-refractivity contribution in [1.29, 1.82) is 0 Å². The molecule has 0 bridgehead atoms. The molecule has 1 aliphatic heterocycles. The van der Waals surface area contributed by atoms with E-state index in [1.807, 2.05) is 24.3 Å². The fourth-order valence-corrected chi connectivity index (χ4v) is 2.13. The molecular weight excluding hydrogens is 254 g/mol. The molecule has 104 valence electrons. The van der Waals surface area contributed by atoms with Crippen LogP contribution in [0.4, 0.5) is 0 Å². The fourth-order valence-electron chi connectivity index (χ4n) is 2.13. The van der Waals surface area contributed by atoms with Crippen LogP contribution in [0.3, 0.4) is 0 Å². The average molecular weight is 271 g/mol. The normalized spacial score (nSPS) is 16.6. The molecule has 20 heavy (non-hydrogen) atoms. The van der Waals surface area contributed by atoms with Crippen LogP contribution in [0.25, 0.3) is 6.08 Å². The second kappa shape index (κ2) is 5.74. The number of ether oxygens (including phenoxy) is 1. The van der Waals surface area contributed by atoms with Gasteiger partial charge in [-0.3, -0.25) is 4.79 Å². The van der Waals surface area contributed by atoms with E-state index in [2.05, 4.69) is 12.2 Å². The van der Waals surface area contributed by atoms with Crippen LogP contribution in [0.15, 0.2) is 41.1 Å². The van der Waals surface area contributed by atoms with Crippen LogP contribution in [0.5, 0.6) is 0 Å². The van der Waals surface area contributed by atoms with E-state index < -0.39 is 5.97 Å². The molecule has 1 aromatic rings. The van der Waals surface area contributed by atoms with E-state index in [1.165, 1.54) is 12.7 Å². The van der Waals surface area contributed by atoms with Crippen LogP contribution >= 0.6 is 0 Å². The lowest BCUT2D eigenvalue weighted by Crippen LogP contribution is -2.15. The molecule has 0 atom stereocenters. The van der Waals surface area contributed by atoms with E-state index in [9.17, 15) is 9.59 Å². The van der Waals surface area contributed by atoms with Crippen LogP contribution in [0.1, 0.15) is 25.0 Å². The lowest BCUT2D eigenvalue weighted by atomic mass is 10.0. The molecule has 4 heteroatoms. The van der Waals surface area contributed by atoms with Gasteiger partial charge < -0.3 is 10.1 Å². The highest BCUT2D eigenvalue weighted by Gasteiger charge is 2.30. The monoisotopic (exact) mass is 271 g/mol. The maximum atomic E-state index is 11.9. The van der Waals surface area contributed by atoms with Gasteiger partial charge in [0.05, 0.1) is 18.3 Å². The third-order valence-corrected chi connectivity index (χ3v) is 3.28. The van der Waals surface area contributed by atoms with E-state index in [0.717, 1.165) is 12.0 Å². The molecule has 0 saturated carbocycles. The molecule has 4 nitrogen and oxygen atoms in total. The number of benzene rings is 1. The van der Waals surface area contributed by atoms with E-state index in [0.29, 0.717) is 16.8 Å². The van der Waals surface area contributed by atoms with Crippen LogP contribution in [0.2, 0.25) is 0 Å². The number of allylic oxidation sites excluding steroid dienone is 1. The largest absolute Gasteiger partial charge is 0.465 e. The molecule has 1 amide bonds. The predicted molar refractivity (Wildman–Crippen MR) is 76.7 cm³/mol. The summed E-state index contributed by atoms with van der Waals surface area (Å²) >= 11 is 0. The molecule has 0 aliphatic carbocycles. The van der Waals surface area contributed by atoms with Crippen molar-refractivity contribution in [3.63, 3.8) is 0 Å². The molecule has 1 aromatic carbocycles. The Balaban J connectivity index is 2.40. The van der Waals surface area contributed by atoms with Crippen molar-refractivity contribution in [2.75, 3.05) is 7.11 Å². The minimum absolute atomic E-state index is 0.275. The first-order valence-corrected chi connectivity index (χ1v) is 6.48. The maximum absolute atomic E-state index is 11.9. The van der Waals surface area contributed by atoms with E-state index in [4.69, 9.17) is 4.74 Å². The standard InChI is InChI=1S/C16H17NO3/c1-4-11-5-7-12(8-6-11)9-13-14(16(19)20-3)10(2)17-15(13)18/h5-9H,4H2,1-3H3,(H,17,18). The van der Waals surface area contributed by atoms with Crippen LogP contribution < -0.4 is 5.32 Å². The zero-order chi connectivity index (χ0) is 14.7. The van der Waals surface area contributed by atoms with Gasteiger partial charge in [0.15, 0.2) is 0 Å². The molecular formula is C16H17NO3. The Morgan fingerprint density at radius 2 is 1.95 bits per heavy atom. The summed E-state index contributed by atoms with van der Waals surface area (Å²) in [5.41, 5.74) is 3.28. The van der Waals surface area contributed by atoms with Crippen molar-refractivity contribution >= 4 is 18.0 Å². The lowest BCUT2D eigenvalue weighted by Gasteiger charge is -2.03. The quantitative estimate of drug-likeness (QED) is 0.677. The van der Waals surface area contributed by atoms with Crippen molar-refractivity contribution in [1.82, 2.24) is 5.32 Å². The number of hydrogen-bond donors (Lipinski definition) is 1. The second-order valence-corrected chi connectivity index (χ2v) is 4.60. The molecule has 1 heterocycles. The highest BCUT2D eigenvalue weighted by molar-refractivity contribution is 6.16. The summed E-state index contributed by atoms with van der Waals surface area (Å²) in [6.07, 6.45) is 2.67. The van der Waals surface area contributed by atoms with Crippen molar-refractivity contribution in [2.24, 2.45) is 0 Å². The molecule has 0 radical (unpaired) electrons. The average Bonchev–Trinajstić information content (AvgIpc) is 2.73. The number of aryl methyl sites for hydroxylation is 1. The molecule has 1 N–H and O–H groups in total. The zero-order valence-corrected chi connectivity index (χ0v) is 11.8. The van der Waals surface area contributed by atoms with Crippen molar-refractivity contribution in [3.8, 4) is 0 Å². The van der Waals surface area contributed by atoms with Crippen LogP contribution in [0, 0.1) is 0 Å². The smallest absolute Gasteiger partial charge is 0.340 e. The molecule has 0 aromatic heterocycles. The molecule has 0 fully saturated rings. The van der Waals surface area contributed by atoms with Crippen molar-refractivity contribution in [2.45, 2.75) is 20.3 Å². The van der Waals surface area contributed by atoms with Gasteiger partial charge >= 0.3 is 5.97 Å². The minimum Gasteiger partial charge on any atom is -0.465 e. The second-order valence-electron chi connectivity index (χ2n) is 4.60. The molecule has 2 rings (SSSR count). The summed E-state index contributed by atoms with van der Waals surface area (Å²) in [6.45, 7) is 3.77. The highest BCUT2D eigenvalue weighted by atomic mass is 16.5. The number of carbonyl (C=O) groups excluding carboxylic acids is 2. The summed E-state index contributed by atoms with van der Waals surface area (Å²) in [5.74, 6) is -0.778. The van der Waals surface area contributed by atoms with E-state index in [-0.39, 0.29) is 5.91 Å². The lowest BCUT2D eigenvalue weighted by molar-refractivity contribution is -0.136. The Bertz CT molecular complexity index is 609. The SMILES string of the molecule is CCc1ccc(C=C2C(=O)NC(C)=C2C(=O)OC)cc1. The fraction of sp³-hybridized carbons (Fsp3) is 0.250. The summed E-state index contributed by atoms with van der Waals surface area (Å²) in [7, 11) is 1.30. The van der Waals surface area contributed by atoms with Crippen molar-refractivity contribution in [3.05, 3.63) is 52.2 Å². The van der Waals surface area contributed by atoms with Gasteiger partial charge in [-0.25, -0.2) is 4.79 Å². The van der Waals surface area contributed by atoms with Crippen LogP contribution in [-0.2, 0) is 20.7 Å². The van der Waals surface area contributed by atoms with Gasteiger partial charge in [0, 0.05) is 5.70 Å². The summed E-state index contributed by atoms with van der Waals surface area (Å²) in [5, 5.41) is 2.65. The number of hydrogen-bond acceptors (Lipinski definition) is 3. The number of carbonyl (C=O) groups is 2. The summed E-state index contributed by atoms with van der Waals surface area (Å²) in [4.78, 5) is 23.7. The number of nitrogens with one attached hydrogen (secondary N) is 1. The summed E-state index contributed by atoms with van der Waals surface area (Å²) < 4.78 is 4.73. The van der Waals surface area contributed by atoms with Gasteiger partial charge in [-0.05, 0) is 30.5 Å². The Labute approximate surface area is 118 Å². The zero-order valence-electron chi connectivity index (χ0n) is 11.8. The number of amides is 1. The maximum Gasteiger partial charge on any atom is 0.340 e. The number of methoxy groups -OCH3 is 1. The Hall–Kier alpha value is -2.36. The number of esters is 1. The van der Waals surface area contributed by atoms with Crippen LogP contribution in [-0.4, -0.2) is 19.0 Å². The topological polar surface area (TPSA) is 55.4 Å². The van der Waals surface area contributed by atoms with E-state index >= 15 is 0 Å². The molecule has 0 saturated heterocycles. The third kappa shape index (κ3) is 2.64. The van der Waals surface area contributed by atoms with Crippen molar-refractivity contribution < 1.29 is 14.3 Å². The Kier molecular flexibility index (Phi) is 4.03. The van der Waals surface area contributed by atoms with Gasteiger partial charge in [-0.15, -0.1) is 0 Å². The van der Waals surface area contributed by atoms with E-state index in [1.54, 1.807) is 13.0 Å². The van der Waals surface area contributed by atoms with Gasteiger partial charge in [0.25, 0.3) is 5.91 Å². The number of rotatable bonds is 3. The van der Waals surface area contributed by atoms with Gasteiger partial charge in [0.1, 0.15) is 0 Å². The molecule has 1 aliphatic rings. The Morgan fingerprint density at radius 3 is 2.50 bits per heavy atom. The first-order chi connectivity index (χ1) is 9.56. The summed E-state index contributed by atoms with van der Waals surface area (Å²) in [6, 6.07) is 7.88. The van der Waals surface area contributed by atoms with Gasteiger partial charge in [-0.1, -0.05) is 31.2 Å². The molecule has 0 spiro atoms. The molecule has 0 unspecified atom stereocenters.